The lowest BCUT2D eigenvalue weighted by molar-refractivity contribution is 0.0984. The summed E-state index contributed by atoms with van der Waals surface area (Å²) in [6.45, 7) is 2.91. The van der Waals surface area contributed by atoms with Crippen molar-refractivity contribution in [2.75, 3.05) is 36.5 Å². The van der Waals surface area contributed by atoms with Gasteiger partial charge < -0.3 is 20.3 Å². The van der Waals surface area contributed by atoms with Crippen molar-refractivity contribution < 1.29 is 26.7 Å². The minimum absolute atomic E-state index is 0.0391. The number of hydrogen-bond acceptors (Lipinski definition) is 7. The van der Waals surface area contributed by atoms with E-state index < -0.39 is 28.8 Å². The summed E-state index contributed by atoms with van der Waals surface area (Å²) >= 11 is 0. The van der Waals surface area contributed by atoms with Crippen LogP contribution in [0.25, 0.3) is 11.4 Å². The molecule has 3 heterocycles. The lowest BCUT2D eigenvalue weighted by atomic mass is 10.1. The topological polar surface area (TPSA) is 114 Å². The van der Waals surface area contributed by atoms with Crippen LogP contribution in [0.15, 0.2) is 24.3 Å². The normalized spacial score (nSPS) is 19.6. The van der Waals surface area contributed by atoms with Gasteiger partial charge in [0.05, 0.1) is 43.0 Å². The van der Waals surface area contributed by atoms with E-state index in [0.717, 1.165) is 0 Å². The van der Waals surface area contributed by atoms with Crippen molar-refractivity contribution in [1.29, 1.82) is 0 Å². The van der Waals surface area contributed by atoms with Crippen LogP contribution >= 0.6 is 0 Å². The smallest absolute Gasteiger partial charge is 0.319 e. The van der Waals surface area contributed by atoms with Gasteiger partial charge in [-0.3, -0.25) is 0 Å². The first-order valence-electron chi connectivity index (χ1n) is 10.1. The number of nitrogens with one attached hydrogen (secondary N) is 2. The average Bonchev–Trinajstić information content (AvgIpc) is 3.06. The Balaban J connectivity index is 1.61. The summed E-state index contributed by atoms with van der Waals surface area (Å²) in [6.07, 6.45) is -2.63. The average molecular weight is 467 g/mol. The summed E-state index contributed by atoms with van der Waals surface area (Å²) < 4.78 is 54.5. The van der Waals surface area contributed by atoms with Gasteiger partial charge in [-0.05, 0) is 31.2 Å². The molecule has 1 saturated heterocycles. The zero-order valence-corrected chi connectivity index (χ0v) is 18.2. The molecule has 1 unspecified atom stereocenters. The molecule has 0 bridgehead atoms. The summed E-state index contributed by atoms with van der Waals surface area (Å²) in [6, 6.07) is 5.86. The van der Waals surface area contributed by atoms with Crippen LogP contribution < -0.4 is 15.5 Å². The number of carbonyl (C=O) groups excluding carboxylic acids is 1. The van der Waals surface area contributed by atoms with Crippen molar-refractivity contribution in [3.8, 4) is 11.4 Å². The number of urea groups is 1. The Morgan fingerprint density at radius 3 is 2.69 bits per heavy atom. The van der Waals surface area contributed by atoms with Crippen LogP contribution in [0.5, 0.6) is 0 Å². The summed E-state index contributed by atoms with van der Waals surface area (Å²) in [4.78, 5) is 22.9. The number of rotatable bonds is 5. The number of sulfone groups is 1. The molecule has 1 atom stereocenters. The predicted octanol–water partition coefficient (Wildman–Crippen LogP) is 2.18. The maximum absolute atomic E-state index is 12.3. The molecular formula is C20H23F2N5O4S. The standard InChI is InChI=1S/C20H23F2N5O4S/c1-12-9-31-7-6-27(12)19-15-10-32(29,30)11-16(15)25-18(26-19)13-2-4-14(5-3-13)24-20(28)23-8-17(21)22/h2-5,12,17H,6-11H2,1H3,(H2,23,24,28). The molecule has 2 aliphatic heterocycles. The van der Waals surface area contributed by atoms with Gasteiger partial charge in [0.25, 0.3) is 6.43 Å². The minimum atomic E-state index is -3.28. The van der Waals surface area contributed by atoms with Crippen molar-refractivity contribution in [2.45, 2.75) is 30.9 Å². The first-order chi connectivity index (χ1) is 15.2. The molecule has 9 nitrogen and oxygen atoms in total. The van der Waals surface area contributed by atoms with E-state index in [9.17, 15) is 22.0 Å². The molecule has 0 aliphatic carbocycles. The Bertz CT molecular complexity index is 1110. The minimum Gasteiger partial charge on any atom is -0.377 e. The Labute approximate surface area is 184 Å². The summed E-state index contributed by atoms with van der Waals surface area (Å²) in [5, 5.41) is 4.54. The number of amides is 2. The van der Waals surface area contributed by atoms with E-state index in [1.54, 1.807) is 24.3 Å². The van der Waals surface area contributed by atoms with Crippen LogP contribution in [0.3, 0.4) is 0 Å². The summed E-state index contributed by atoms with van der Waals surface area (Å²) in [7, 11) is -3.28. The second kappa shape index (κ2) is 8.94. The molecule has 12 heteroatoms. The third-order valence-corrected chi connectivity index (χ3v) is 6.69. The van der Waals surface area contributed by atoms with Crippen molar-refractivity contribution in [1.82, 2.24) is 15.3 Å². The van der Waals surface area contributed by atoms with Gasteiger partial charge in [-0.25, -0.2) is 32.0 Å². The highest BCUT2D eigenvalue weighted by Gasteiger charge is 2.34. The van der Waals surface area contributed by atoms with Crippen LogP contribution in [0.2, 0.25) is 0 Å². The quantitative estimate of drug-likeness (QED) is 0.693. The first kappa shape index (κ1) is 22.3. The zero-order chi connectivity index (χ0) is 22.9. The molecule has 4 rings (SSSR count). The SMILES string of the molecule is CC1COCCN1c1nc(-c2ccc(NC(=O)NCC(F)F)cc2)nc2c1CS(=O)(=O)C2. The molecular weight excluding hydrogens is 444 g/mol. The third-order valence-electron chi connectivity index (χ3n) is 5.25. The van der Waals surface area contributed by atoms with E-state index >= 15 is 0 Å². The van der Waals surface area contributed by atoms with Gasteiger partial charge >= 0.3 is 6.03 Å². The van der Waals surface area contributed by atoms with Gasteiger partial charge in [0, 0.05) is 23.4 Å². The molecule has 0 spiro atoms. The molecule has 2 N–H and O–H groups in total. The molecule has 32 heavy (non-hydrogen) atoms. The van der Waals surface area contributed by atoms with Crippen molar-refractivity contribution >= 4 is 27.4 Å². The lowest BCUT2D eigenvalue weighted by Gasteiger charge is -2.35. The van der Waals surface area contributed by atoms with Gasteiger partial charge in [0.15, 0.2) is 15.7 Å². The number of alkyl halides is 2. The van der Waals surface area contributed by atoms with E-state index in [1.807, 2.05) is 6.92 Å². The van der Waals surface area contributed by atoms with E-state index in [4.69, 9.17) is 9.72 Å². The number of halogens is 2. The first-order valence-corrected chi connectivity index (χ1v) is 11.9. The summed E-state index contributed by atoms with van der Waals surface area (Å²) in [5.74, 6) is 0.769. The number of anilines is 2. The van der Waals surface area contributed by atoms with E-state index in [-0.39, 0.29) is 17.5 Å². The second-order valence-electron chi connectivity index (χ2n) is 7.75. The van der Waals surface area contributed by atoms with Gasteiger partial charge in [0.2, 0.25) is 0 Å². The fourth-order valence-corrected chi connectivity index (χ4v) is 5.21. The highest BCUT2D eigenvalue weighted by Crippen LogP contribution is 2.34. The second-order valence-corrected chi connectivity index (χ2v) is 9.81. The number of ether oxygens (including phenoxy) is 1. The van der Waals surface area contributed by atoms with Crippen LogP contribution in [-0.2, 0) is 26.1 Å². The largest absolute Gasteiger partial charge is 0.377 e. The zero-order valence-electron chi connectivity index (χ0n) is 17.3. The highest BCUT2D eigenvalue weighted by atomic mass is 32.2. The van der Waals surface area contributed by atoms with Crippen LogP contribution in [0, 0.1) is 0 Å². The van der Waals surface area contributed by atoms with E-state index in [1.165, 1.54) is 0 Å². The highest BCUT2D eigenvalue weighted by molar-refractivity contribution is 7.90. The van der Waals surface area contributed by atoms with Crippen molar-refractivity contribution in [2.24, 2.45) is 0 Å². The Morgan fingerprint density at radius 1 is 1.25 bits per heavy atom. The lowest BCUT2D eigenvalue weighted by Crippen LogP contribution is -2.44. The molecule has 2 aliphatic rings. The van der Waals surface area contributed by atoms with Gasteiger partial charge in [-0.1, -0.05) is 0 Å². The maximum atomic E-state index is 12.3. The number of aromatic nitrogens is 2. The van der Waals surface area contributed by atoms with Gasteiger partial charge in [-0.2, -0.15) is 0 Å². The van der Waals surface area contributed by atoms with Crippen LogP contribution in [-0.4, -0.2) is 63.2 Å². The monoisotopic (exact) mass is 467 g/mol. The van der Waals surface area contributed by atoms with Gasteiger partial charge in [0.1, 0.15) is 5.82 Å². The maximum Gasteiger partial charge on any atom is 0.319 e. The van der Waals surface area contributed by atoms with Crippen molar-refractivity contribution in [3.63, 3.8) is 0 Å². The molecule has 1 aromatic carbocycles. The third kappa shape index (κ3) is 4.96. The van der Waals surface area contributed by atoms with Crippen LogP contribution in [0.1, 0.15) is 18.2 Å². The van der Waals surface area contributed by atoms with E-state index in [0.29, 0.717) is 53.9 Å². The molecule has 1 aromatic heterocycles. The number of carbonyl (C=O) groups is 1. The number of hydrogen-bond donors (Lipinski definition) is 2. The predicted molar refractivity (Wildman–Crippen MR) is 114 cm³/mol. The van der Waals surface area contributed by atoms with E-state index in [2.05, 4.69) is 20.5 Å². The molecule has 2 aromatic rings. The number of nitrogens with zero attached hydrogens (tertiary/aromatic N) is 3. The number of fused-ring (bicyclic) bond motifs is 1. The molecule has 0 radical (unpaired) electrons. The fourth-order valence-electron chi connectivity index (χ4n) is 3.72. The Morgan fingerprint density at radius 2 is 2.00 bits per heavy atom. The molecule has 172 valence electrons. The molecule has 1 fully saturated rings. The molecule has 2 amide bonds. The van der Waals surface area contributed by atoms with Gasteiger partial charge in [-0.15, -0.1) is 0 Å². The summed E-state index contributed by atoms with van der Waals surface area (Å²) in [5.41, 5.74) is 2.18. The Kier molecular flexibility index (Phi) is 6.24. The van der Waals surface area contributed by atoms with Crippen LogP contribution in [0.4, 0.5) is 25.1 Å². The number of benzene rings is 1. The Hall–Kier alpha value is -2.86. The number of morpholine rings is 1. The van der Waals surface area contributed by atoms with Crippen molar-refractivity contribution in [3.05, 3.63) is 35.5 Å². The molecule has 0 saturated carbocycles. The fraction of sp³-hybridized carbons (Fsp3) is 0.450.